The number of nitrogens with zero attached hydrogens (tertiary/aromatic N) is 2. The Morgan fingerprint density at radius 2 is 0.674 bits per heavy atom. The zero-order valence-corrected chi connectivity index (χ0v) is 25.0. The van der Waals surface area contributed by atoms with Crippen LogP contribution >= 0.6 is 0 Å². The molecular weight excluding hydrogens is 564 g/mol. The Hall–Kier alpha value is -6.26. The zero-order chi connectivity index (χ0) is 30.7. The third kappa shape index (κ3) is 5.33. The monoisotopic (exact) mass is 594 g/mol. The molecule has 8 aromatic rings. The molecule has 4 nitrogen and oxygen atoms in total. The Labute approximate surface area is 267 Å². The molecule has 0 spiro atoms. The molecule has 1 heterocycles. The van der Waals surface area contributed by atoms with Crippen molar-refractivity contribution < 1.29 is 9.47 Å². The molecule has 1 aromatic heterocycles. The van der Waals surface area contributed by atoms with Crippen LogP contribution < -0.4 is 14.4 Å². The smallest absolute Gasteiger partial charge is 0.127 e. The van der Waals surface area contributed by atoms with E-state index in [0.717, 1.165) is 45.7 Å². The molecule has 46 heavy (non-hydrogen) atoms. The van der Waals surface area contributed by atoms with E-state index in [-0.39, 0.29) is 0 Å². The van der Waals surface area contributed by atoms with Gasteiger partial charge < -0.3 is 18.9 Å². The third-order valence-corrected chi connectivity index (χ3v) is 8.09. The maximum absolute atomic E-state index is 6.09. The molecule has 0 saturated heterocycles. The predicted octanol–water partition coefficient (Wildman–Crippen LogP) is 11.8. The van der Waals surface area contributed by atoms with Crippen LogP contribution in [0.25, 0.3) is 27.5 Å². The van der Waals surface area contributed by atoms with Gasteiger partial charge in [0, 0.05) is 33.5 Å². The van der Waals surface area contributed by atoms with Gasteiger partial charge in [-0.15, -0.1) is 0 Å². The lowest BCUT2D eigenvalue weighted by Crippen LogP contribution is -2.10. The minimum Gasteiger partial charge on any atom is -0.457 e. The summed E-state index contributed by atoms with van der Waals surface area (Å²) >= 11 is 0. The number of para-hydroxylation sites is 4. The first-order valence-electron chi connectivity index (χ1n) is 15.3. The van der Waals surface area contributed by atoms with Gasteiger partial charge in [-0.2, -0.15) is 0 Å². The minimum absolute atomic E-state index is 0.781. The summed E-state index contributed by atoms with van der Waals surface area (Å²) in [5, 5.41) is 2.50. The molecule has 0 bridgehead atoms. The van der Waals surface area contributed by atoms with Crippen LogP contribution in [0.1, 0.15) is 0 Å². The van der Waals surface area contributed by atoms with Gasteiger partial charge in [-0.25, -0.2) is 0 Å². The molecule has 0 saturated carbocycles. The van der Waals surface area contributed by atoms with Crippen molar-refractivity contribution in [1.29, 1.82) is 0 Å². The number of rotatable bonds is 8. The van der Waals surface area contributed by atoms with Crippen LogP contribution in [0.3, 0.4) is 0 Å². The topological polar surface area (TPSA) is 26.6 Å². The van der Waals surface area contributed by atoms with Crippen LogP contribution in [0.5, 0.6) is 23.0 Å². The van der Waals surface area contributed by atoms with E-state index in [0.29, 0.717) is 0 Å². The second-order valence-corrected chi connectivity index (χ2v) is 11.0. The summed E-state index contributed by atoms with van der Waals surface area (Å²) in [5.74, 6) is 3.18. The van der Waals surface area contributed by atoms with Crippen molar-refractivity contribution >= 4 is 38.9 Å². The van der Waals surface area contributed by atoms with Gasteiger partial charge in [0.1, 0.15) is 23.0 Å². The van der Waals surface area contributed by atoms with Crippen molar-refractivity contribution in [2.45, 2.75) is 0 Å². The molecule has 0 fully saturated rings. The summed E-state index contributed by atoms with van der Waals surface area (Å²) in [5.41, 5.74) is 6.56. The Kier molecular flexibility index (Phi) is 7.14. The van der Waals surface area contributed by atoms with Crippen molar-refractivity contribution in [1.82, 2.24) is 4.57 Å². The highest BCUT2D eigenvalue weighted by Gasteiger charge is 2.16. The second-order valence-electron chi connectivity index (χ2n) is 11.0. The number of anilines is 3. The quantitative estimate of drug-likeness (QED) is 0.175. The number of fused-ring (bicyclic) bond motifs is 3. The zero-order valence-electron chi connectivity index (χ0n) is 25.0. The summed E-state index contributed by atoms with van der Waals surface area (Å²) in [6.07, 6.45) is 0. The molecule has 0 aliphatic heterocycles. The molecular formula is C42H30N2O2. The van der Waals surface area contributed by atoms with Crippen molar-refractivity contribution in [3.8, 4) is 28.7 Å². The van der Waals surface area contributed by atoms with Gasteiger partial charge in [-0.05, 0) is 109 Å². The van der Waals surface area contributed by atoms with Crippen molar-refractivity contribution in [3.05, 3.63) is 182 Å². The molecule has 0 amide bonds. The minimum atomic E-state index is 0.781. The van der Waals surface area contributed by atoms with E-state index in [4.69, 9.17) is 9.47 Å². The summed E-state index contributed by atoms with van der Waals surface area (Å²) < 4.78 is 14.5. The fourth-order valence-corrected chi connectivity index (χ4v) is 5.97. The van der Waals surface area contributed by atoms with E-state index in [1.54, 1.807) is 0 Å². The summed E-state index contributed by atoms with van der Waals surface area (Å²) in [6, 6.07) is 62.0. The Morgan fingerprint density at radius 3 is 1.11 bits per heavy atom. The van der Waals surface area contributed by atoms with Crippen LogP contribution in [0, 0.1) is 0 Å². The number of benzene rings is 7. The van der Waals surface area contributed by atoms with Gasteiger partial charge in [-0.3, -0.25) is 0 Å². The van der Waals surface area contributed by atoms with Crippen molar-refractivity contribution in [3.63, 3.8) is 0 Å². The Morgan fingerprint density at radius 1 is 0.326 bits per heavy atom. The van der Waals surface area contributed by atoms with Crippen LogP contribution in [0.2, 0.25) is 0 Å². The maximum atomic E-state index is 6.09. The lowest BCUT2D eigenvalue weighted by molar-refractivity contribution is 0.482. The second kappa shape index (κ2) is 12.0. The van der Waals surface area contributed by atoms with Gasteiger partial charge in [0.25, 0.3) is 0 Å². The standard InChI is InChI=1S/C42H30N2O2/c1-3-11-35(12-4-1)45-37-27-23-32(24-28-37)43(33-25-29-38(30-26-33)46-36-13-5-2-6-14-36)31-19-21-34(22-20-31)44-41-17-9-7-15-39(41)40-16-8-10-18-42(40)44/h1-30H. The molecule has 220 valence electrons. The first kappa shape index (κ1) is 27.3. The maximum Gasteiger partial charge on any atom is 0.127 e. The average Bonchev–Trinajstić information content (AvgIpc) is 3.46. The van der Waals surface area contributed by atoms with Crippen LogP contribution in [0.4, 0.5) is 17.1 Å². The van der Waals surface area contributed by atoms with E-state index >= 15 is 0 Å². The normalized spacial score (nSPS) is 11.0. The summed E-state index contributed by atoms with van der Waals surface area (Å²) in [4.78, 5) is 2.24. The molecule has 0 atom stereocenters. The fourth-order valence-electron chi connectivity index (χ4n) is 5.97. The largest absolute Gasteiger partial charge is 0.457 e. The molecule has 0 unspecified atom stereocenters. The molecule has 0 N–H and O–H groups in total. The first-order valence-corrected chi connectivity index (χ1v) is 15.3. The molecule has 7 aromatic carbocycles. The highest BCUT2D eigenvalue weighted by molar-refractivity contribution is 6.09. The average molecular weight is 595 g/mol. The molecule has 0 aliphatic carbocycles. The molecule has 4 heteroatoms. The first-order chi connectivity index (χ1) is 22.8. The molecule has 8 rings (SSSR count). The molecule has 0 aliphatic rings. The Balaban J connectivity index is 1.16. The SMILES string of the molecule is c1ccc(Oc2ccc(N(c3ccc(Oc4ccccc4)cc3)c3ccc(-n4c5ccccc5c5ccccc54)cc3)cc2)cc1. The van der Waals surface area contributed by atoms with Gasteiger partial charge in [0.15, 0.2) is 0 Å². The van der Waals surface area contributed by atoms with Crippen molar-refractivity contribution in [2.75, 3.05) is 4.90 Å². The van der Waals surface area contributed by atoms with E-state index in [9.17, 15) is 0 Å². The number of hydrogen-bond acceptors (Lipinski definition) is 3. The van der Waals surface area contributed by atoms with E-state index in [1.807, 2.05) is 84.9 Å². The highest BCUT2D eigenvalue weighted by Crippen LogP contribution is 2.38. The van der Waals surface area contributed by atoms with Gasteiger partial charge >= 0.3 is 0 Å². The summed E-state index contributed by atoms with van der Waals surface area (Å²) in [6.45, 7) is 0. The number of aromatic nitrogens is 1. The van der Waals surface area contributed by atoms with Crippen LogP contribution in [-0.2, 0) is 0 Å². The number of hydrogen-bond donors (Lipinski definition) is 0. The lowest BCUT2D eigenvalue weighted by Gasteiger charge is -2.26. The molecule has 0 radical (unpaired) electrons. The van der Waals surface area contributed by atoms with Crippen LogP contribution in [0.15, 0.2) is 182 Å². The van der Waals surface area contributed by atoms with E-state index in [1.165, 1.54) is 21.8 Å². The van der Waals surface area contributed by atoms with Gasteiger partial charge in [0.2, 0.25) is 0 Å². The van der Waals surface area contributed by atoms with Crippen LogP contribution in [-0.4, -0.2) is 4.57 Å². The third-order valence-electron chi connectivity index (χ3n) is 8.09. The Bertz CT molecular complexity index is 2090. The van der Waals surface area contributed by atoms with Crippen molar-refractivity contribution in [2.24, 2.45) is 0 Å². The predicted molar refractivity (Wildman–Crippen MR) is 188 cm³/mol. The fraction of sp³-hybridized carbons (Fsp3) is 0. The summed E-state index contributed by atoms with van der Waals surface area (Å²) in [7, 11) is 0. The van der Waals surface area contributed by atoms with E-state index < -0.39 is 0 Å². The number of ether oxygens (including phenoxy) is 2. The lowest BCUT2D eigenvalue weighted by atomic mass is 10.1. The highest BCUT2D eigenvalue weighted by atomic mass is 16.5. The van der Waals surface area contributed by atoms with Gasteiger partial charge in [0.05, 0.1) is 11.0 Å². The van der Waals surface area contributed by atoms with Gasteiger partial charge in [-0.1, -0.05) is 72.8 Å². The van der Waals surface area contributed by atoms with E-state index in [2.05, 4.69) is 107 Å².